The van der Waals surface area contributed by atoms with Crippen molar-refractivity contribution in [1.82, 2.24) is 0 Å². The molecule has 0 bridgehead atoms. The second kappa shape index (κ2) is 7.11. The number of rotatable bonds is 5. The third kappa shape index (κ3) is 4.43. The molecule has 0 radical (unpaired) electrons. The van der Waals surface area contributed by atoms with Crippen LogP contribution >= 0.6 is 11.6 Å². The van der Waals surface area contributed by atoms with Crippen molar-refractivity contribution >= 4 is 28.9 Å². The Bertz CT molecular complexity index is 762. The van der Waals surface area contributed by atoms with Gasteiger partial charge in [-0.3, -0.25) is 14.9 Å². The average molecular weight is 335 g/mol. The van der Waals surface area contributed by atoms with Crippen LogP contribution in [-0.2, 0) is 4.79 Å². The van der Waals surface area contributed by atoms with E-state index in [0.29, 0.717) is 5.69 Å². The van der Waals surface area contributed by atoms with Gasteiger partial charge in [-0.15, -0.1) is 0 Å². The molecule has 0 fully saturated rings. The van der Waals surface area contributed by atoms with Gasteiger partial charge in [-0.05, 0) is 43.2 Å². The van der Waals surface area contributed by atoms with Gasteiger partial charge in [0.2, 0.25) is 0 Å². The first-order valence-electron chi connectivity index (χ1n) is 6.80. The quantitative estimate of drug-likeness (QED) is 0.664. The van der Waals surface area contributed by atoms with Crippen molar-refractivity contribution in [1.29, 1.82) is 0 Å². The summed E-state index contributed by atoms with van der Waals surface area (Å²) in [6.45, 7) is 3.46. The van der Waals surface area contributed by atoms with E-state index in [1.165, 1.54) is 18.2 Å². The van der Waals surface area contributed by atoms with Gasteiger partial charge in [-0.1, -0.05) is 23.7 Å². The van der Waals surface area contributed by atoms with Crippen LogP contribution in [-0.4, -0.2) is 17.4 Å². The Labute approximate surface area is 138 Å². The van der Waals surface area contributed by atoms with Gasteiger partial charge >= 0.3 is 5.69 Å². The number of anilines is 1. The molecule has 1 amide bonds. The summed E-state index contributed by atoms with van der Waals surface area (Å²) >= 11 is 5.72. The van der Waals surface area contributed by atoms with E-state index in [1.54, 1.807) is 0 Å². The normalized spacial score (nSPS) is 10.2. The summed E-state index contributed by atoms with van der Waals surface area (Å²) in [6, 6.07) is 9.70. The minimum Gasteiger partial charge on any atom is -0.477 e. The first kappa shape index (κ1) is 16.8. The summed E-state index contributed by atoms with van der Waals surface area (Å²) in [5, 5.41) is 13.9. The Morgan fingerprint density at radius 1 is 1.26 bits per heavy atom. The van der Waals surface area contributed by atoms with Gasteiger partial charge in [0.25, 0.3) is 5.91 Å². The van der Waals surface area contributed by atoms with Crippen molar-refractivity contribution in [3.05, 3.63) is 62.7 Å². The van der Waals surface area contributed by atoms with Crippen LogP contribution in [0.5, 0.6) is 5.75 Å². The second-order valence-electron chi connectivity index (χ2n) is 5.02. The number of aryl methyl sites for hydroxylation is 2. The number of nitrogens with one attached hydrogen (secondary N) is 1. The number of hydrogen-bond acceptors (Lipinski definition) is 4. The summed E-state index contributed by atoms with van der Waals surface area (Å²) in [4.78, 5) is 22.3. The van der Waals surface area contributed by atoms with E-state index in [9.17, 15) is 14.9 Å². The minimum atomic E-state index is -0.607. The molecular formula is C16H15ClN2O4. The van der Waals surface area contributed by atoms with Gasteiger partial charge in [0, 0.05) is 16.8 Å². The number of carbonyl (C=O) groups is 1. The van der Waals surface area contributed by atoms with Gasteiger partial charge in [-0.25, -0.2) is 0 Å². The summed E-state index contributed by atoms with van der Waals surface area (Å²) in [6.07, 6.45) is 0. The Morgan fingerprint density at radius 3 is 2.70 bits per heavy atom. The monoisotopic (exact) mass is 334 g/mol. The predicted molar refractivity (Wildman–Crippen MR) is 88.1 cm³/mol. The van der Waals surface area contributed by atoms with Gasteiger partial charge < -0.3 is 10.1 Å². The van der Waals surface area contributed by atoms with Crippen LogP contribution in [0.25, 0.3) is 0 Å². The third-order valence-corrected chi connectivity index (χ3v) is 3.38. The first-order chi connectivity index (χ1) is 10.9. The molecule has 0 aliphatic carbocycles. The lowest BCUT2D eigenvalue weighted by Gasteiger charge is -2.10. The van der Waals surface area contributed by atoms with Gasteiger partial charge in [-0.2, -0.15) is 0 Å². The summed E-state index contributed by atoms with van der Waals surface area (Å²) < 4.78 is 5.25. The van der Waals surface area contributed by atoms with E-state index in [2.05, 4.69) is 5.32 Å². The highest BCUT2D eigenvalue weighted by Crippen LogP contribution is 2.29. The van der Waals surface area contributed by atoms with Gasteiger partial charge in [0.1, 0.15) is 0 Å². The number of nitro benzene ring substituents is 1. The van der Waals surface area contributed by atoms with Crippen molar-refractivity contribution in [2.24, 2.45) is 0 Å². The first-order valence-corrected chi connectivity index (χ1v) is 7.18. The maximum atomic E-state index is 12.0. The molecule has 0 unspecified atom stereocenters. The highest BCUT2D eigenvalue weighted by molar-refractivity contribution is 6.30. The van der Waals surface area contributed by atoms with E-state index in [4.69, 9.17) is 16.3 Å². The van der Waals surface area contributed by atoms with Crippen molar-refractivity contribution in [3.63, 3.8) is 0 Å². The molecule has 2 aromatic carbocycles. The van der Waals surface area contributed by atoms with Crippen molar-refractivity contribution in [3.8, 4) is 5.75 Å². The largest absolute Gasteiger partial charge is 0.477 e. The molecule has 0 spiro atoms. The summed E-state index contributed by atoms with van der Waals surface area (Å²) in [5.74, 6) is -0.404. The number of nitro groups is 1. The van der Waals surface area contributed by atoms with Crippen LogP contribution in [0.15, 0.2) is 36.4 Å². The lowest BCUT2D eigenvalue weighted by atomic mass is 10.1. The summed E-state index contributed by atoms with van der Waals surface area (Å²) in [5.41, 5.74) is 2.34. The molecule has 2 aromatic rings. The highest BCUT2D eigenvalue weighted by Gasteiger charge is 2.17. The number of hydrogen-bond donors (Lipinski definition) is 1. The lowest BCUT2D eigenvalue weighted by molar-refractivity contribution is -0.385. The Hall–Kier alpha value is -2.60. The predicted octanol–water partition coefficient (Wildman–Crippen LogP) is 3.88. The fourth-order valence-corrected chi connectivity index (χ4v) is 2.12. The molecule has 1 N–H and O–H groups in total. The van der Waals surface area contributed by atoms with E-state index in [1.807, 2.05) is 32.0 Å². The molecule has 6 nitrogen and oxygen atoms in total. The topological polar surface area (TPSA) is 81.5 Å². The number of ether oxygens (including phenoxy) is 1. The Balaban J connectivity index is 2.05. The molecule has 0 atom stereocenters. The van der Waals surface area contributed by atoms with Crippen LogP contribution < -0.4 is 10.1 Å². The molecule has 0 saturated heterocycles. The minimum absolute atomic E-state index is 0.00415. The van der Waals surface area contributed by atoms with Crippen LogP contribution in [0, 0.1) is 24.0 Å². The fourth-order valence-electron chi connectivity index (χ4n) is 1.96. The fraction of sp³-hybridized carbons (Fsp3) is 0.188. The molecule has 2 rings (SSSR count). The molecule has 0 aliphatic rings. The number of nitrogens with zero attached hydrogens (tertiary/aromatic N) is 1. The number of carbonyl (C=O) groups excluding carboxylic acids is 1. The molecule has 120 valence electrons. The zero-order valence-electron chi connectivity index (χ0n) is 12.6. The zero-order chi connectivity index (χ0) is 17.0. The Morgan fingerprint density at radius 2 is 2.00 bits per heavy atom. The smallest absolute Gasteiger partial charge is 0.312 e. The average Bonchev–Trinajstić information content (AvgIpc) is 2.49. The van der Waals surface area contributed by atoms with Crippen molar-refractivity contribution in [2.75, 3.05) is 11.9 Å². The van der Waals surface area contributed by atoms with E-state index in [-0.39, 0.29) is 23.1 Å². The Kier molecular flexibility index (Phi) is 5.18. The highest BCUT2D eigenvalue weighted by atomic mass is 35.5. The summed E-state index contributed by atoms with van der Waals surface area (Å²) in [7, 11) is 0. The van der Waals surface area contributed by atoms with Crippen molar-refractivity contribution < 1.29 is 14.5 Å². The third-order valence-electron chi connectivity index (χ3n) is 3.14. The van der Waals surface area contributed by atoms with E-state index in [0.717, 1.165) is 11.1 Å². The maximum absolute atomic E-state index is 12.0. The van der Waals surface area contributed by atoms with Crippen LogP contribution in [0.3, 0.4) is 0 Å². The number of halogens is 1. The molecule has 7 heteroatoms. The maximum Gasteiger partial charge on any atom is 0.312 e. The van der Waals surface area contributed by atoms with Crippen LogP contribution in [0.4, 0.5) is 11.4 Å². The molecule has 0 aromatic heterocycles. The van der Waals surface area contributed by atoms with Crippen LogP contribution in [0.1, 0.15) is 11.1 Å². The standard InChI is InChI=1S/C16H15ClN2O4/c1-10-3-4-11(2)13(7-10)18-16(20)9-23-15-6-5-12(17)8-14(15)19(21)22/h3-8H,9H2,1-2H3,(H,18,20). The van der Waals surface area contributed by atoms with Crippen LogP contribution in [0.2, 0.25) is 5.02 Å². The molecule has 0 heterocycles. The number of benzene rings is 2. The van der Waals surface area contributed by atoms with Gasteiger partial charge in [0.15, 0.2) is 12.4 Å². The van der Waals surface area contributed by atoms with E-state index < -0.39 is 10.8 Å². The molecule has 0 aliphatic heterocycles. The molecule has 23 heavy (non-hydrogen) atoms. The lowest BCUT2D eigenvalue weighted by Crippen LogP contribution is -2.21. The second-order valence-corrected chi connectivity index (χ2v) is 5.46. The van der Waals surface area contributed by atoms with Gasteiger partial charge in [0.05, 0.1) is 4.92 Å². The SMILES string of the molecule is Cc1ccc(C)c(NC(=O)COc2ccc(Cl)cc2[N+](=O)[O-])c1. The van der Waals surface area contributed by atoms with Crippen molar-refractivity contribution in [2.45, 2.75) is 13.8 Å². The van der Waals surface area contributed by atoms with E-state index >= 15 is 0 Å². The zero-order valence-corrected chi connectivity index (χ0v) is 13.4. The molecule has 0 saturated carbocycles. The number of amides is 1. The molecular weight excluding hydrogens is 320 g/mol.